The van der Waals surface area contributed by atoms with Crippen LogP contribution in [0.5, 0.6) is 0 Å². The highest BCUT2D eigenvalue weighted by atomic mass is 32.1. The molecule has 0 bridgehead atoms. The normalized spacial score (nSPS) is 15.3. The van der Waals surface area contributed by atoms with Crippen LogP contribution in [0.2, 0.25) is 0 Å². The molecule has 1 amide bonds. The molecule has 0 unspecified atom stereocenters. The average molecular weight is 388 g/mol. The van der Waals surface area contributed by atoms with Gasteiger partial charge in [-0.25, -0.2) is 9.37 Å². The molecular weight excluding hydrogens is 371 g/mol. The van der Waals surface area contributed by atoms with Crippen LogP contribution in [0.3, 0.4) is 0 Å². The molecule has 1 aliphatic carbocycles. The van der Waals surface area contributed by atoms with E-state index in [-0.39, 0.29) is 33.5 Å². The van der Waals surface area contributed by atoms with E-state index in [1.807, 2.05) is 19.0 Å². The van der Waals surface area contributed by atoms with Crippen molar-refractivity contribution in [2.75, 3.05) is 32.5 Å². The van der Waals surface area contributed by atoms with Crippen LogP contribution in [0.15, 0.2) is 29.3 Å². The van der Waals surface area contributed by atoms with Crippen LogP contribution in [-0.2, 0) is 0 Å². The summed E-state index contributed by atoms with van der Waals surface area (Å²) in [6.45, 7) is 1.05. The number of amides is 1. The van der Waals surface area contributed by atoms with Crippen LogP contribution in [-0.4, -0.2) is 60.3 Å². The third kappa shape index (κ3) is 4.32. The van der Waals surface area contributed by atoms with Crippen molar-refractivity contribution < 1.29 is 18.8 Å². The number of thiazole rings is 1. The predicted molar refractivity (Wildman–Crippen MR) is 101 cm³/mol. The van der Waals surface area contributed by atoms with Crippen molar-refractivity contribution in [1.82, 2.24) is 9.88 Å². The predicted octanol–water partition coefficient (Wildman–Crippen LogP) is 2.31. The Bertz CT molecular complexity index is 935. The minimum atomic E-state index is -0.562. The maximum Gasteiger partial charge on any atom is 0.284 e. The van der Waals surface area contributed by atoms with E-state index in [9.17, 15) is 18.8 Å². The molecule has 3 rings (SSSR count). The molecule has 1 N–H and O–H groups in total. The molecule has 0 fully saturated rings. The fourth-order valence-corrected chi connectivity index (χ4v) is 3.33. The van der Waals surface area contributed by atoms with Crippen LogP contribution < -0.4 is 5.32 Å². The molecule has 0 aliphatic heterocycles. The van der Waals surface area contributed by atoms with E-state index in [4.69, 9.17) is 0 Å². The van der Waals surface area contributed by atoms with Gasteiger partial charge >= 0.3 is 0 Å². The summed E-state index contributed by atoms with van der Waals surface area (Å²) < 4.78 is 12.9. The minimum Gasteiger partial charge on any atom is -0.320 e. The molecule has 0 saturated carbocycles. The van der Waals surface area contributed by atoms with Gasteiger partial charge in [0.1, 0.15) is 16.4 Å². The summed E-state index contributed by atoms with van der Waals surface area (Å²) >= 11 is 0.878. The lowest BCUT2D eigenvalue weighted by Gasteiger charge is -2.11. The Morgan fingerprint density at radius 3 is 2.67 bits per heavy atom. The molecule has 140 valence electrons. The zero-order chi connectivity index (χ0) is 19.6. The smallest absolute Gasteiger partial charge is 0.284 e. The number of ketones is 2. The van der Waals surface area contributed by atoms with Gasteiger partial charge < -0.3 is 10.2 Å². The fraction of sp³-hybridized carbons (Fsp3) is 0.278. The number of Topliss-reactive ketones (excluding diaryl/α,β-unsaturated/α-hetero) is 2. The molecule has 0 saturated heterocycles. The molecule has 0 atom stereocenters. The van der Waals surface area contributed by atoms with Crippen molar-refractivity contribution in [3.8, 4) is 0 Å². The number of hydrogen-bond donors (Lipinski definition) is 1. The van der Waals surface area contributed by atoms with E-state index in [0.29, 0.717) is 18.8 Å². The number of anilines is 1. The van der Waals surface area contributed by atoms with Crippen LogP contribution in [0, 0.1) is 5.82 Å². The fourth-order valence-electron chi connectivity index (χ4n) is 2.44. The largest absolute Gasteiger partial charge is 0.320 e. The zero-order valence-electron chi connectivity index (χ0n) is 14.8. The van der Waals surface area contributed by atoms with E-state index in [2.05, 4.69) is 15.3 Å². The second-order valence-electron chi connectivity index (χ2n) is 6.22. The lowest BCUT2D eigenvalue weighted by Crippen LogP contribution is -2.27. The highest BCUT2D eigenvalue weighted by Crippen LogP contribution is 2.26. The summed E-state index contributed by atoms with van der Waals surface area (Å²) in [6.07, 6.45) is -0.0829. The lowest BCUT2D eigenvalue weighted by atomic mass is 9.98. The molecule has 9 heteroatoms. The van der Waals surface area contributed by atoms with E-state index < -0.39 is 17.5 Å². The molecular formula is C18H17FN4O3S. The number of likely N-dealkylation sites (N-methyl/N-ethyl adjacent to an activating group) is 1. The number of aromatic nitrogens is 1. The van der Waals surface area contributed by atoms with Crippen molar-refractivity contribution in [2.45, 2.75) is 6.42 Å². The van der Waals surface area contributed by atoms with Gasteiger partial charge in [-0.1, -0.05) is 0 Å². The van der Waals surface area contributed by atoms with Crippen molar-refractivity contribution in [1.29, 1.82) is 0 Å². The number of fused-ring (bicyclic) bond motifs is 1. The number of halogens is 1. The third-order valence-corrected chi connectivity index (χ3v) is 4.93. The van der Waals surface area contributed by atoms with Gasteiger partial charge in [0.2, 0.25) is 5.78 Å². The molecule has 1 aliphatic rings. The maximum atomic E-state index is 12.9. The van der Waals surface area contributed by atoms with Crippen molar-refractivity contribution in [3.63, 3.8) is 0 Å². The van der Waals surface area contributed by atoms with Crippen LogP contribution in [0.4, 0.5) is 10.1 Å². The second kappa shape index (κ2) is 7.85. The standard InChI is InChI=1S/C18H17FN4O3S/c1-23(2)8-7-20-12-9-13(24)16-14(15(12)25)22-18(27-16)17(26)21-11-5-3-10(19)4-6-11/h3-6H,7-9H2,1-2H3,(H,21,26). The van der Waals surface area contributed by atoms with Crippen LogP contribution >= 0.6 is 11.3 Å². The number of nitrogens with one attached hydrogen (secondary N) is 1. The summed E-state index contributed by atoms with van der Waals surface area (Å²) in [4.78, 5) is 47.6. The summed E-state index contributed by atoms with van der Waals surface area (Å²) in [7, 11) is 3.77. The number of carbonyl (C=O) groups excluding carboxylic acids is 3. The minimum absolute atomic E-state index is 0.000525. The molecule has 0 spiro atoms. The molecule has 27 heavy (non-hydrogen) atoms. The quantitative estimate of drug-likeness (QED) is 0.849. The van der Waals surface area contributed by atoms with Crippen molar-refractivity contribution in [2.24, 2.45) is 4.99 Å². The van der Waals surface area contributed by atoms with Crippen molar-refractivity contribution >= 4 is 40.2 Å². The first-order chi connectivity index (χ1) is 12.8. The highest BCUT2D eigenvalue weighted by molar-refractivity contribution is 7.16. The SMILES string of the molecule is CN(C)CCN=C1CC(=O)c2sc(C(=O)Nc3ccc(F)cc3)nc2C1=O. The maximum absolute atomic E-state index is 12.9. The average Bonchev–Trinajstić information content (AvgIpc) is 3.07. The first kappa shape index (κ1) is 19.0. The Labute approximate surface area is 158 Å². The van der Waals surface area contributed by atoms with Gasteiger partial charge in [0.05, 0.1) is 18.7 Å². The van der Waals surface area contributed by atoms with E-state index in [0.717, 1.165) is 11.3 Å². The van der Waals surface area contributed by atoms with Gasteiger partial charge in [0, 0.05) is 12.2 Å². The Hall–Kier alpha value is -2.78. The first-order valence-corrected chi connectivity index (χ1v) is 9.00. The Morgan fingerprint density at radius 2 is 2.00 bits per heavy atom. The Morgan fingerprint density at radius 1 is 1.30 bits per heavy atom. The number of benzene rings is 1. The highest BCUT2D eigenvalue weighted by Gasteiger charge is 2.34. The van der Waals surface area contributed by atoms with Gasteiger partial charge in [-0.2, -0.15) is 0 Å². The second-order valence-corrected chi connectivity index (χ2v) is 7.22. The van der Waals surface area contributed by atoms with E-state index in [1.54, 1.807) is 0 Å². The van der Waals surface area contributed by atoms with E-state index in [1.165, 1.54) is 24.3 Å². The number of hydrogen-bond acceptors (Lipinski definition) is 7. The number of carbonyl (C=O) groups is 3. The molecule has 7 nitrogen and oxygen atoms in total. The van der Waals surface area contributed by atoms with Gasteiger partial charge in [-0.05, 0) is 38.4 Å². The molecule has 1 aromatic heterocycles. The zero-order valence-corrected chi connectivity index (χ0v) is 15.6. The van der Waals surface area contributed by atoms with Gasteiger partial charge in [-0.15, -0.1) is 11.3 Å². The molecule has 2 aromatic rings. The van der Waals surface area contributed by atoms with Gasteiger partial charge in [0.25, 0.3) is 5.91 Å². The summed E-state index contributed by atoms with van der Waals surface area (Å²) in [5.41, 5.74) is 0.535. The topological polar surface area (TPSA) is 91.7 Å². The molecule has 0 radical (unpaired) electrons. The number of aliphatic imine (C=N–C) groups is 1. The Balaban J connectivity index is 1.80. The third-order valence-electron chi connectivity index (χ3n) is 3.83. The molecule has 1 heterocycles. The Kier molecular flexibility index (Phi) is 5.52. The lowest BCUT2D eigenvalue weighted by molar-refractivity contribution is 0.0965. The van der Waals surface area contributed by atoms with Crippen LogP contribution in [0.1, 0.15) is 36.4 Å². The summed E-state index contributed by atoms with van der Waals surface area (Å²) in [6, 6.07) is 5.25. The first-order valence-electron chi connectivity index (χ1n) is 8.19. The summed E-state index contributed by atoms with van der Waals surface area (Å²) in [5.74, 6) is -1.67. The van der Waals surface area contributed by atoms with Crippen LogP contribution in [0.25, 0.3) is 0 Å². The monoisotopic (exact) mass is 388 g/mol. The van der Waals surface area contributed by atoms with Crippen molar-refractivity contribution in [3.05, 3.63) is 45.7 Å². The summed E-state index contributed by atoms with van der Waals surface area (Å²) in [5, 5.41) is 2.57. The number of rotatable bonds is 5. The van der Waals surface area contributed by atoms with Gasteiger partial charge in [0.15, 0.2) is 10.8 Å². The van der Waals surface area contributed by atoms with E-state index >= 15 is 0 Å². The molecule has 1 aromatic carbocycles. The number of nitrogens with zero attached hydrogens (tertiary/aromatic N) is 3. The van der Waals surface area contributed by atoms with Gasteiger partial charge in [-0.3, -0.25) is 19.4 Å².